The number of nitrogens with zero attached hydrogens (tertiary/aromatic N) is 4. The molecule has 1 amide bonds. The van der Waals surface area contributed by atoms with E-state index in [0.29, 0.717) is 22.7 Å². The van der Waals surface area contributed by atoms with Gasteiger partial charge in [-0.3, -0.25) is 9.78 Å². The van der Waals surface area contributed by atoms with E-state index in [1.54, 1.807) is 31.3 Å². The molecule has 0 aliphatic rings. The van der Waals surface area contributed by atoms with Gasteiger partial charge in [-0.25, -0.2) is 19.2 Å². The van der Waals surface area contributed by atoms with Crippen molar-refractivity contribution < 1.29 is 18.8 Å². The molecule has 8 nitrogen and oxygen atoms in total. The fourth-order valence-electron chi connectivity index (χ4n) is 2.87. The number of amides is 1. The van der Waals surface area contributed by atoms with Crippen LogP contribution in [0.2, 0.25) is 0 Å². The van der Waals surface area contributed by atoms with Gasteiger partial charge in [0.1, 0.15) is 17.1 Å². The van der Waals surface area contributed by atoms with Crippen molar-refractivity contribution in [1.82, 2.24) is 19.7 Å². The molecule has 144 valence electrons. The molecular weight excluding hydrogens is 377 g/mol. The van der Waals surface area contributed by atoms with Crippen LogP contribution in [0.15, 0.2) is 55.0 Å². The molecule has 4 aromatic rings. The molecule has 29 heavy (non-hydrogen) atoms. The zero-order valence-corrected chi connectivity index (χ0v) is 15.2. The molecule has 0 bridgehead atoms. The van der Waals surface area contributed by atoms with E-state index in [-0.39, 0.29) is 16.5 Å². The maximum absolute atomic E-state index is 13.6. The number of primary amides is 1. The first-order valence-electron chi connectivity index (χ1n) is 8.52. The van der Waals surface area contributed by atoms with E-state index in [1.165, 1.54) is 24.5 Å². The Hall–Kier alpha value is -4.14. The molecule has 2 N–H and O–H groups in total. The number of carbonyl (C=O) groups excluding carboxylic acids is 2. The van der Waals surface area contributed by atoms with E-state index in [4.69, 9.17) is 10.6 Å². The second-order valence-corrected chi connectivity index (χ2v) is 6.18. The van der Waals surface area contributed by atoms with Crippen molar-refractivity contribution >= 4 is 22.8 Å². The number of aromatic nitrogens is 4. The molecule has 0 saturated carbocycles. The highest BCUT2D eigenvalue weighted by Crippen LogP contribution is 2.22. The summed E-state index contributed by atoms with van der Waals surface area (Å²) in [4.78, 5) is 42.3. The van der Waals surface area contributed by atoms with Gasteiger partial charge in [-0.15, -0.1) is 0 Å². The van der Waals surface area contributed by atoms with Crippen LogP contribution in [-0.2, 0) is 0 Å². The Morgan fingerprint density at radius 2 is 1.97 bits per heavy atom. The Kier molecular flexibility index (Phi) is 4.47. The van der Waals surface area contributed by atoms with Crippen LogP contribution in [-0.4, -0.2) is 31.6 Å². The second kappa shape index (κ2) is 7.12. The maximum atomic E-state index is 13.6. The largest absolute Gasteiger partial charge is 0.366 e. The molecule has 3 heterocycles. The number of nitrogens with two attached hydrogens (primary N) is 1. The third-order valence-corrected chi connectivity index (χ3v) is 4.27. The Bertz CT molecular complexity index is 1250. The van der Waals surface area contributed by atoms with E-state index in [1.807, 2.05) is 0 Å². The number of benzene rings is 1. The summed E-state index contributed by atoms with van der Waals surface area (Å²) in [6, 6.07) is 9.06. The number of hydrogen-bond donors (Lipinski definition) is 1. The lowest BCUT2D eigenvalue weighted by Crippen LogP contribution is -2.21. The number of hydrogen-bond acceptors (Lipinski definition) is 6. The summed E-state index contributed by atoms with van der Waals surface area (Å²) in [6.45, 7) is 1.64. The van der Waals surface area contributed by atoms with Gasteiger partial charge in [-0.2, -0.15) is 4.73 Å². The molecule has 0 fully saturated rings. The van der Waals surface area contributed by atoms with Crippen LogP contribution in [0.4, 0.5) is 4.39 Å². The number of aryl methyl sites for hydroxylation is 1. The van der Waals surface area contributed by atoms with Gasteiger partial charge in [0, 0.05) is 17.8 Å². The summed E-state index contributed by atoms with van der Waals surface area (Å²) in [6.07, 6.45) is 4.20. The molecule has 0 saturated heterocycles. The summed E-state index contributed by atoms with van der Waals surface area (Å²) in [5.74, 6) is -1.68. The first kappa shape index (κ1) is 18.2. The lowest BCUT2D eigenvalue weighted by Gasteiger charge is -2.08. The molecule has 3 aromatic heterocycles. The zero-order chi connectivity index (χ0) is 20.5. The van der Waals surface area contributed by atoms with Gasteiger partial charge in [0.2, 0.25) is 0 Å². The minimum Gasteiger partial charge on any atom is -0.366 e. The number of fused-ring (bicyclic) bond motifs is 1. The van der Waals surface area contributed by atoms with Gasteiger partial charge in [0.05, 0.1) is 23.0 Å². The SMILES string of the molecule is Cc1nc(-c2ccccn2)ncc1C(=O)On1cc(C(N)=O)c2cc(F)ccc21. The summed E-state index contributed by atoms with van der Waals surface area (Å²) in [5, 5.41) is 0.240. The van der Waals surface area contributed by atoms with Crippen molar-refractivity contribution in [2.45, 2.75) is 6.92 Å². The Labute approximate surface area is 163 Å². The lowest BCUT2D eigenvalue weighted by atomic mass is 10.1. The Balaban J connectivity index is 1.67. The molecule has 1 aromatic carbocycles. The molecule has 0 atom stereocenters. The molecule has 9 heteroatoms. The van der Waals surface area contributed by atoms with Crippen LogP contribution in [0, 0.1) is 12.7 Å². The fraction of sp³-hybridized carbons (Fsp3) is 0.0500. The van der Waals surface area contributed by atoms with Crippen LogP contribution in [0.25, 0.3) is 22.4 Å². The van der Waals surface area contributed by atoms with Crippen molar-refractivity contribution in [3.63, 3.8) is 0 Å². The van der Waals surface area contributed by atoms with Crippen molar-refractivity contribution in [1.29, 1.82) is 0 Å². The average Bonchev–Trinajstić information content (AvgIpc) is 3.06. The van der Waals surface area contributed by atoms with Gasteiger partial charge in [0.25, 0.3) is 5.91 Å². The summed E-state index contributed by atoms with van der Waals surface area (Å²) >= 11 is 0. The minimum atomic E-state index is -0.769. The highest BCUT2D eigenvalue weighted by atomic mass is 19.1. The summed E-state index contributed by atoms with van der Waals surface area (Å²) < 4.78 is 14.6. The second-order valence-electron chi connectivity index (χ2n) is 6.18. The fourth-order valence-corrected chi connectivity index (χ4v) is 2.87. The molecule has 4 rings (SSSR count). The van der Waals surface area contributed by atoms with Crippen LogP contribution < -0.4 is 10.6 Å². The van der Waals surface area contributed by atoms with Gasteiger partial charge >= 0.3 is 5.97 Å². The quantitative estimate of drug-likeness (QED) is 0.571. The number of carbonyl (C=O) groups is 2. The first-order valence-corrected chi connectivity index (χ1v) is 8.52. The third kappa shape index (κ3) is 3.41. The van der Waals surface area contributed by atoms with Gasteiger partial charge in [0.15, 0.2) is 5.82 Å². The predicted molar refractivity (Wildman–Crippen MR) is 101 cm³/mol. The van der Waals surface area contributed by atoms with Crippen molar-refractivity contribution in [2.75, 3.05) is 0 Å². The lowest BCUT2D eigenvalue weighted by molar-refractivity contribution is 0.0479. The molecule has 0 aliphatic heterocycles. The van der Waals surface area contributed by atoms with Crippen LogP contribution in [0.3, 0.4) is 0 Å². The predicted octanol–water partition coefficient (Wildman–Crippen LogP) is 2.31. The maximum Gasteiger partial charge on any atom is 0.366 e. The Morgan fingerprint density at radius 1 is 1.14 bits per heavy atom. The van der Waals surface area contributed by atoms with Crippen molar-refractivity contribution in [3.8, 4) is 11.5 Å². The van der Waals surface area contributed by atoms with E-state index >= 15 is 0 Å². The Morgan fingerprint density at radius 3 is 2.66 bits per heavy atom. The van der Waals surface area contributed by atoms with E-state index in [9.17, 15) is 14.0 Å². The van der Waals surface area contributed by atoms with Crippen molar-refractivity contribution in [3.05, 3.63) is 77.6 Å². The monoisotopic (exact) mass is 391 g/mol. The molecule has 0 radical (unpaired) electrons. The minimum absolute atomic E-state index is 0.0331. The first-order chi connectivity index (χ1) is 13.9. The average molecular weight is 391 g/mol. The van der Waals surface area contributed by atoms with Gasteiger partial charge < -0.3 is 10.6 Å². The van der Waals surface area contributed by atoms with Crippen LogP contribution in [0.5, 0.6) is 0 Å². The number of pyridine rings is 1. The third-order valence-electron chi connectivity index (χ3n) is 4.27. The normalized spacial score (nSPS) is 10.8. The topological polar surface area (TPSA) is 113 Å². The van der Waals surface area contributed by atoms with Gasteiger partial charge in [-0.05, 0) is 37.3 Å². The zero-order valence-electron chi connectivity index (χ0n) is 15.2. The van der Waals surface area contributed by atoms with Crippen LogP contribution >= 0.6 is 0 Å². The highest BCUT2D eigenvalue weighted by Gasteiger charge is 2.19. The molecule has 0 spiro atoms. The highest BCUT2D eigenvalue weighted by molar-refractivity contribution is 6.06. The summed E-state index contributed by atoms with van der Waals surface area (Å²) in [5.41, 5.74) is 6.79. The van der Waals surface area contributed by atoms with Crippen molar-refractivity contribution in [2.24, 2.45) is 5.73 Å². The van der Waals surface area contributed by atoms with Gasteiger partial charge in [-0.1, -0.05) is 6.07 Å². The van der Waals surface area contributed by atoms with E-state index in [2.05, 4.69) is 15.0 Å². The smallest absolute Gasteiger partial charge is 0.366 e. The van der Waals surface area contributed by atoms with Crippen LogP contribution in [0.1, 0.15) is 26.4 Å². The van der Waals surface area contributed by atoms with E-state index in [0.717, 1.165) is 10.8 Å². The molecule has 0 aliphatic carbocycles. The number of halogens is 1. The molecular formula is C20H14FN5O3. The summed E-state index contributed by atoms with van der Waals surface area (Å²) in [7, 11) is 0. The number of rotatable bonds is 4. The standard InChI is InChI=1S/C20H14FN5O3/c1-11-14(9-24-19(25-11)16-4-2-3-7-23-16)20(28)29-26-10-15(18(22)27)13-8-12(21)5-6-17(13)26/h2-10H,1H3,(H2,22,27). The molecule has 0 unspecified atom stereocenters. The van der Waals surface area contributed by atoms with E-state index < -0.39 is 17.7 Å².